The zero-order valence-corrected chi connectivity index (χ0v) is 12.8. The Morgan fingerprint density at radius 1 is 1.50 bits per heavy atom. The lowest BCUT2D eigenvalue weighted by Gasteiger charge is -2.29. The average molecular weight is 329 g/mol. The van der Waals surface area contributed by atoms with Crippen molar-refractivity contribution in [2.75, 3.05) is 13.1 Å². The van der Waals surface area contributed by atoms with Crippen LogP contribution in [0.15, 0.2) is 22.9 Å². The molecule has 1 saturated heterocycles. The van der Waals surface area contributed by atoms with Gasteiger partial charge >= 0.3 is 6.09 Å². The van der Waals surface area contributed by atoms with Crippen LogP contribution in [-0.4, -0.2) is 50.4 Å². The normalized spacial score (nSPS) is 15.2. The summed E-state index contributed by atoms with van der Waals surface area (Å²) in [5, 5.41) is 21.6. The van der Waals surface area contributed by atoms with E-state index < -0.39 is 6.09 Å². The van der Waals surface area contributed by atoms with Gasteiger partial charge in [0.15, 0.2) is 5.82 Å². The molecular formula is C15H15N5O4. The molecule has 0 aromatic carbocycles. The van der Waals surface area contributed by atoms with Crippen molar-refractivity contribution in [1.29, 1.82) is 5.26 Å². The molecule has 0 aliphatic carbocycles. The largest absolute Gasteiger partial charge is 0.465 e. The molecule has 2 aromatic rings. The average Bonchev–Trinajstić information content (AvgIpc) is 3.09. The monoisotopic (exact) mass is 329 g/mol. The molecule has 0 saturated carbocycles. The van der Waals surface area contributed by atoms with Crippen molar-refractivity contribution in [2.24, 2.45) is 0 Å². The number of pyridine rings is 1. The summed E-state index contributed by atoms with van der Waals surface area (Å²) in [7, 11) is 0. The predicted octanol–water partition coefficient (Wildman–Crippen LogP) is 1.66. The first kappa shape index (κ1) is 15.9. The Hall–Kier alpha value is -2.99. The number of piperidine rings is 1. The third-order valence-corrected chi connectivity index (χ3v) is 3.75. The third-order valence-electron chi connectivity index (χ3n) is 3.75. The number of carbonyl (C=O) groups is 1. The van der Waals surface area contributed by atoms with Crippen LogP contribution in [0.5, 0.6) is 0 Å². The lowest BCUT2D eigenvalue weighted by Crippen LogP contribution is -2.40. The van der Waals surface area contributed by atoms with Crippen LogP contribution in [-0.2, 0) is 11.3 Å². The van der Waals surface area contributed by atoms with E-state index in [1.807, 2.05) is 6.07 Å². The molecule has 1 fully saturated rings. The van der Waals surface area contributed by atoms with Gasteiger partial charge in [0.25, 0.3) is 5.89 Å². The number of hydrogen-bond acceptors (Lipinski definition) is 7. The lowest BCUT2D eigenvalue weighted by molar-refractivity contribution is -0.00294. The number of aromatic nitrogens is 3. The molecule has 9 heteroatoms. The second-order valence-corrected chi connectivity index (χ2v) is 5.34. The number of likely N-dealkylation sites (tertiary alicyclic amines) is 1. The maximum Gasteiger partial charge on any atom is 0.407 e. The number of rotatable bonds is 4. The maximum absolute atomic E-state index is 10.9. The van der Waals surface area contributed by atoms with Crippen LogP contribution in [0, 0.1) is 11.3 Å². The Morgan fingerprint density at radius 2 is 2.29 bits per heavy atom. The molecule has 0 radical (unpaired) electrons. The van der Waals surface area contributed by atoms with Crippen LogP contribution in [0.3, 0.4) is 0 Å². The first-order chi connectivity index (χ1) is 11.7. The Balaban J connectivity index is 1.55. The minimum absolute atomic E-state index is 0.0198. The smallest absolute Gasteiger partial charge is 0.407 e. The van der Waals surface area contributed by atoms with Crippen molar-refractivity contribution >= 4 is 6.09 Å². The summed E-state index contributed by atoms with van der Waals surface area (Å²) in [6, 6.07) is 5.20. The molecule has 124 valence electrons. The fourth-order valence-electron chi connectivity index (χ4n) is 2.46. The van der Waals surface area contributed by atoms with Gasteiger partial charge in [-0.1, -0.05) is 5.16 Å². The zero-order chi connectivity index (χ0) is 16.9. The standard InChI is InChI=1S/C15H15N5O4/c16-8-11-7-10(1-4-17-11)14-18-13(19-24-14)9-23-12-2-5-20(6-3-12)15(21)22/h1,4,7,12H,2-3,5-6,9H2,(H,21,22). The number of hydrogen-bond donors (Lipinski definition) is 1. The van der Waals surface area contributed by atoms with Crippen LogP contribution in [0.25, 0.3) is 11.5 Å². The summed E-state index contributed by atoms with van der Waals surface area (Å²) in [6.07, 6.45) is 1.88. The van der Waals surface area contributed by atoms with Gasteiger partial charge in [-0.2, -0.15) is 10.2 Å². The predicted molar refractivity (Wildman–Crippen MR) is 79.7 cm³/mol. The van der Waals surface area contributed by atoms with Gasteiger partial charge in [0.1, 0.15) is 18.4 Å². The molecule has 1 aliphatic heterocycles. The van der Waals surface area contributed by atoms with Gasteiger partial charge in [-0.3, -0.25) is 0 Å². The number of nitrogens with zero attached hydrogens (tertiary/aromatic N) is 5. The number of amides is 1. The fraction of sp³-hybridized carbons (Fsp3) is 0.400. The molecule has 0 spiro atoms. The van der Waals surface area contributed by atoms with Crippen LogP contribution >= 0.6 is 0 Å². The molecule has 2 aromatic heterocycles. The molecule has 24 heavy (non-hydrogen) atoms. The topological polar surface area (TPSA) is 125 Å². The quantitative estimate of drug-likeness (QED) is 0.897. The van der Waals surface area contributed by atoms with E-state index in [2.05, 4.69) is 15.1 Å². The molecule has 9 nitrogen and oxygen atoms in total. The summed E-state index contributed by atoms with van der Waals surface area (Å²) in [4.78, 5) is 20.4. The van der Waals surface area contributed by atoms with Gasteiger partial charge < -0.3 is 19.3 Å². The molecule has 1 aliphatic rings. The molecule has 1 amide bonds. The fourth-order valence-corrected chi connectivity index (χ4v) is 2.46. The van der Waals surface area contributed by atoms with Gasteiger partial charge in [-0.05, 0) is 25.0 Å². The lowest BCUT2D eigenvalue weighted by atomic mass is 10.1. The van der Waals surface area contributed by atoms with Gasteiger partial charge in [0, 0.05) is 24.8 Å². The number of ether oxygens (including phenoxy) is 1. The van der Waals surface area contributed by atoms with Crippen molar-refractivity contribution < 1.29 is 19.2 Å². The van der Waals surface area contributed by atoms with Crippen molar-refractivity contribution in [1.82, 2.24) is 20.0 Å². The molecular weight excluding hydrogens is 314 g/mol. The van der Waals surface area contributed by atoms with E-state index in [1.54, 1.807) is 12.1 Å². The molecule has 0 bridgehead atoms. The van der Waals surface area contributed by atoms with E-state index in [-0.39, 0.29) is 18.4 Å². The summed E-state index contributed by atoms with van der Waals surface area (Å²) in [6.45, 7) is 1.12. The summed E-state index contributed by atoms with van der Waals surface area (Å²) in [5.74, 6) is 0.703. The Bertz CT molecular complexity index is 761. The number of nitriles is 1. The molecule has 0 atom stereocenters. The van der Waals surface area contributed by atoms with Crippen LogP contribution in [0.4, 0.5) is 4.79 Å². The Labute approximate surface area is 137 Å². The van der Waals surface area contributed by atoms with Crippen LogP contribution < -0.4 is 0 Å². The first-order valence-corrected chi connectivity index (χ1v) is 7.44. The Morgan fingerprint density at radius 3 is 3.00 bits per heavy atom. The highest BCUT2D eigenvalue weighted by Crippen LogP contribution is 2.19. The Kier molecular flexibility index (Phi) is 4.67. The highest BCUT2D eigenvalue weighted by atomic mass is 16.5. The highest BCUT2D eigenvalue weighted by molar-refractivity contribution is 5.65. The van der Waals surface area contributed by atoms with E-state index >= 15 is 0 Å². The molecule has 1 N–H and O–H groups in total. The van der Waals surface area contributed by atoms with Crippen LogP contribution in [0.2, 0.25) is 0 Å². The second kappa shape index (κ2) is 7.06. The highest BCUT2D eigenvalue weighted by Gasteiger charge is 2.23. The van der Waals surface area contributed by atoms with Gasteiger partial charge in [0.05, 0.1) is 6.10 Å². The SMILES string of the molecule is N#Cc1cc(-c2nc(COC3CCN(C(=O)O)CC3)no2)ccn1. The summed E-state index contributed by atoms with van der Waals surface area (Å²) < 4.78 is 10.9. The van der Waals surface area contributed by atoms with E-state index in [0.717, 1.165) is 0 Å². The minimum atomic E-state index is -0.898. The maximum atomic E-state index is 10.9. The van der Waals surface area contributed by atoms with E-state index in [9.17, 15) is 4.79 Å². The van der Waals surface area contributed by atoms with Crippen molar-refractivity contribution in [3.05, 3.63) is 29.8 Å². The summed E-state index contributed by atoms with van der Waals surface area (Å²) >= 11 is 0. The molecule has 3 heterocycles. The van der Waals surface area contributed by atoms with Crippen LogP contribution in [0.1, 0.15) is 24.4 Å². The van der Waals surface area contributed by atoms with Crippen molar-refractivity contribution in [2.45, 2.75) is 25.6 Å². The first-order valence-electron chi connectivity index (χ1n) is 7.44. The molecule has 3 rings (SSSR count). The number of carboxylic acid groups (broad SMARTS) is 1. The van der Waals surface area contributed by atoms with Gasteiger partial charge in [0.2, 0.25) is 0 Å². The zero-order valence-electron chi connectivity index (χ0n) is 12.8. The van der Waals surface area contributed by atoms with E-state index in [1.165, 1.54) is 11.1 Å². The van der Waals surface area contributed by atoms with Crippen molar-refractivity contribution in [3.8, 4) is 17.5 Å². The van der Waals surface area contributed by atoms with Gasteiger partial charge in [-0.25, -0.2) is 9.78 Å². The van der Waals surface area contributed by atoms with E-state index in [4.69, 9.17) is 19.6 Å². The summed E-state index contributed by atoms with van der Waals surface area (Å²) in [5.41, 5.74) is 0.892. The minimum Gasteiger partial charge on any atom is -0.465 e. The molecule has 0 unspecified atom stereocenters. The third kappa shape index (κ3) is 3.67. The second-order valence-electron chi connectivity index (χ2n) is 5.34. The van der Waals surface area contributed by atoms with Crippen molar-refractivity contribution in [3.63, 3.8) is 0 Å². The van der Waals surface area contributed by atoms with E-state index in [0.29, 0.717) is 43.2 Å². The van der Waals surface area contributed by atoms with Gasteiger partial charge in [-0.15, -0.1) is 0 Å².